The van der Waals surface area contributed by atoms with Crippen molar-refractivity contribution in [1.82, 2.24) is 4.90 Å². The number of carbonyl (C=O) groups excluding carboxylic acids is 1. The van der Waals surface area contributed by atoms with Crippen LogP contribution in [0.25, 0.3) is 0 Å². The van der Waals surface area contributed by atoms with Gasteiger partial charge in [0, 0.05) is 13.2 Å². The van der Waals surface area contributed by atoms with Gasteiger partial charge in [-0.3, -0.25) is 4.90 Å². The molecule has 0 aromatic carbocycles. The first-order valence-corrected chi connectivity index (χ1v) is 25.1. The Morgan fingerprint density at radius 1 is 0.579 bits per heavy atom. The second-order valence-electron chi connectivity index (χ2n) is 19.4. The largest absolute Gasteiger partial charge is 0.444 e. The molecular formula is C50H97NO6. The van der Waals surface area contributed by atoms with Gasteiger partial charge in [0.2, 0.25) is 0 Å². The lowest BCUT2D eigenvalue weighted by Gasteiger charge is -2.36. The molecule has 0 saturated carbocycles. The highest BCUT2D eigenvalue weighted by atomic mass is 16.8. The molecular weight excluding hydrogens is 711 g/mol. The van der Waals surface area contributed by atoms with E-state index in [0.717, 1.165) is 12.8 Å². The lowest BCUT2D eigenvalue weighted by atomic mass is 10.0. The third-order valence-electron chi connectivity index (χ3n) is 12.1. The number of ether oxygens (including phenoxy) is 5. The summed E-state index contributed by atoms with van der Waals surface area (Å²) in [5.41, 5.74) is -0.589. The maximum Gasteiger partial charge on any atom is 0.410 e. The van der Waals surface area contributed by atoms with Crippen molar-refractivity contribution in [2.75, 3.05) is 26.4 Å². The van der Waals surface area contributed by atoms with Crippen molar-refractivity contribution in [3.8, 4) is 0 Å². The summed E-state index contributed by atoms with van der Waals surface area (Å²) in [7, 11) is 0. The van der Waals surface area contributed by atoms with Crippen LogP contribution in [0.1, 0.15) is 254 Å². The highest BCUT2D eigenvalue weighted by Gasteiger charge is 2.57. The van der Waals surface area contributed by atoms with Crippen LogP contribution in [0, 0.1) is 0 Å². The van der Waals surface area contributed by atoms with E-state index in [4.69, 9.17) is 23.7 Å². The first kappa shape index (κ1) is 52.2. The molecule has 2 fully saturated rings. The zero-order valence-electron chi connectivity index (χ0n) is 39.2. The van der Waals surface area contributed by atoms with E-state index in [1.807, 2.05) is 34.6 Å². The molecule has 7 nitrogen and oxygen atoms in total. The molecule has 2 heterocycles. The number of hydrogen-bond donors (Lipinski definition) is 0. The Hall–Kier alpha value is -0.890. The first-order chi connectivity index (χ1) is 27.6. The quantitative estimate of drug-likeness (QED) is 0.0579. The average Bonchev–Trinajstić information content (AvgIpc) is 3.65. The Morgan fingerprint density at radius 3 is 1.33 bits per heavy atom. The Labute approximate surface area is 354 Å². The van der Waals surface area contributed by atoms with Gasteiger partial charge in [-0.2, -0.15) is 0 Å². The number of fused-ring (bicyclic) bond motifs is 1. The number of rotatable bonds is 38. The smallest absolute Gasteiger partial charge is 0.410 e. The number of unbranched alkanes of at least 4 members (excludes halogenated alkanes) is 30. The summed E-state index contributed by atoms with van der Waals surface area (Å²) in [5.74, 6) is -0.694. The van der Waals surface area contributed by atoms with Crippen LogP contribution in [-0.4, -0.2) is 73.1 Å². The van der Waals surface area contributed by atoms with Crippen LogP contribution in [0.2, 0.25) is 0 Å². The molecule has 0 aromatic rings. The molecule has 7 heteroatoms. The minimum absolute atomic E-state index is 0.209. The summed E-state index contributed by atoms with van der Waals surface area (Å²) in [6, 6.07) is -0.321. The normalized spacial score (nSPS) is 19.7. The van der Waals surface area contributed by atoms with Gasteiger partial charge in [0.15, 0.2) is 5.79 Å². The lowest BCUT2D eigenvalue weighted by molar-refractivity contribution is -0.171. The van der Waals surface area contributed by atoms with Gasteiger partial charge in [-0.15, -0.1) is 0 Å². The van der Waals surface area contributed by atoms with Gasteiger partial charge in [-0.1, -0.05) is 206 Å². The van der Waals surface area contributed by atoms with E-state index in [-0.39, 0.29) is 30.4 Å². The molecule has 2 aliphatic heterocycles. The van der Waals surface area contributed by atoms with Crippen molar-refractivity contribution < 1.29 is 28.5 Å². The van der Waals surface area contributed by atoms with Crippen molar-refractivity contribution in [2.45, 2.75) is 290 Å². The highest BCUT2D eigenvalue weighted by molar-refractivity contribution is 5.69. The molecule has 0 bridgehead atoms. The van der Waals surface area contributed by atoms with Gasteiger partial charge < -0.3 is 23.7 Å². The Balaban J connectivity index is 1.70. The maximum atomic E-state index is 13.5. The van der Waals surface area contributed by atoms with Crippen LogP contribution < -0.4 is 0 Å². The molecule has 0 aromatic heterocycles. The van der Waals surface area contributed by atoms with Crippen molar-refractivity contribution >= 4 is 6.09 Å². The average molecular weight is 808 g/mol. The molecule has 0 aliphatic carbocycles. The standard InChI is InChI=1S/C50H97NO6/c1-8-10-12-14-16-18-20-22-24-26-28-30-32-34-36-38-40-53-43-45(46-47-44(55-50(6,7)56-47)42-51(46)48(52)57-49(3,4)5)54-41-39-37-35-33-31-29-27-25-23-21-19-17-15-13-11-9-2/h44-47H,8-43H2,1-7H3/t44-,45+,46+,47-/m0/s1. The molecule has 4 atom stereocenters. The van der Waals surface area contributed by atoms with Crippen molar-refractivity contribution in [3.05, 3.63) is 0 Å². The fourth-order valence-corrected chi connectivity index (χ4v) is 8.80. The zero-order chi connectivity index (χ0) is 41.5. The third-order valence-corrected chi connectivity index (χ3v) is 12.1. The van der Waals surface area contributed by atoms with Gasteiger partial charge in [-0.05, 0) is 47.5 Å². The summed E-state index contributed by atoms with van der Waals surface area (Å²) >= 11 is 0. The highest BCUT2D eigenvalue weighted by Crippen LogP contribution is 2.39. The fourth-order valence-electron chi connectivity index (χ4n) is 8.80. The molecule has 0 radical (unpaired) electrons. The van der Waals surface area contributed by atoms with E-state index in [0.29, 0.717) is 26.4 Å². The Morgan fingerprint density at radius 2 is 0.947 bits per heavy atom. The van der Waals surface area contributed by atoms with E-state index in [1.165, 1.54) is 193 Å². The number of nitrogens with zero attached hydrogens (tertiary/aromatic N) is 1. The monoisotopic (exact) mass is 808 g/mol. The number of carbonyl (C=O) groups is 1. The van der Waals surface area contributed by atoms with E-state index in [9.17, 15) is 4.79 Å². The second kappa shape index (κ2) is 32.8. The zero-order valence-corrected chi connectivity index (χ0v) is 39.2. The van der Waals surface area contributed by atoms with Crippen molar-refractivity contribution in [1.29, 1.82) is 0 Å². The van der Waals surface area contributed by atoms with Crippen molar-refractivity contribution in [2.24, 2.45) is 0 Å². The maximum absolute atomic E-state index is 13.5. The SMILES string of the molecule is CCCCCCCCCCCCCCCCCCOC[C@@H](OCCCCCCCCCCCCCCCCCC)[C@@H]1[C@H]2OC(C)(C)O[C@H]2CN1C(=O)OC(C)(C)C. The van der Waals surface area contributed by atoms with Crippen LogP contribution >= 0.6 is 0 Å². The molecule has 2 rings (SSSR count). The molecule has 2 aliphatic rings. The van der Waals surface area contributed by atoms with Gasteiger partial charge >= 0.3 is 6.09 Å². The summed E-state index contributed by atoms with van der Waals surface area (Å²) < 4.78 is 31.6. The minimum atomic E-state index is -0.694. The van der Waals surface area contributed by atoms with Gasteiger partial charge in [0.25, 0.3) is 0 Å². The third kappa shape index (κ3) is 26.1. The molecule has 0 N–H and O–H groups in total. The summed E-state index contributed by atoms with van der Waals surface area (Å²) in [6.45, 7) is 16.5. The van der Waals surface area contributed by atoms with Crippen LogP contribution in [0.5, 0.6) is 0 Å². The lowest BCUT2D eigenvalue weighted by Crippen LogP contribution is -2.52. The van der Waals surface area contributed by atoms with E-state index >= 15 is 0 Å². The predicted molar refractivity (Wildman–Crippen MR) is 240 cm³/mol. The number of hydrogen-bond acceptors (Lipinski definition) is 6. The van der Waals surface area contributed by atoms with E-state index in [2.05, 4.69) is 13.8 Å². The minimum Gasteiger partial charge on any atom is -0.444 e. The fraction of sp³-hybridized carbons (Fsp3) is 0.980. The van der Waals surface area contributed by atoms with Crippen LogP contribution in [0.15, 0.2) is 0 Å². The molecule has 0 unspecified atom stereocenters. The van der Waals surface area contributed by atoms with Crippen LogP contribution in [0.3, 0.4) is 0 Å². The van der Waals surface area contributed by atoms with Gasteiger partial charge in [0.1, 0.15) is 23.9 Å². The topological polar surface area (TPSA) is 66.5 Å². The first-order valence-electron chi connectivity index (χ1n) is 25.1. The molecule has 0 spiro atoms. The number of likely N-dealkylation sites (tertiary alicyclic amines) is 1. The van der Waals surface area contributed by atoms with E-state index < -0.39 is 11.4 Å². The second-order valence-corrected chi connectivity index (χ2v) is 19.4. The van der Waals surface area contributed by atoms with Crippen LogP contribution in [-0.2, 0) is 23.7 Å². The van der Waals surface area contributed by atoms with Gasteiger partial charge in [0.05, 0.1) is 19.2 Å². The molecule has 2 saturated heterocycles. The summed E-state index contributed by atoms with van der Waals surface area (Å²) in [5, 5.41) is 0. The van der Waals surface area contributed by atoms with Crippen molar-refractivity contribution in [3.63, 3.8) is 0 Å². The molecule has 57 heavy (non-hydrogen) atoms. The molecule has 1 amide bonds. The van der Waals surface area contributed by atoms with E-state index in [1.54, 1.807) is 4.90 Å². The summed E-state index contributed by atoms with van der Waals surface area (Å²) in [6.07, 6.45) is 42.2. The number of amides is 1. The Bertz CT molecular complexity index is 936. The Kier molecular flexibility index (Phi) is 30.1. The summed E-state index contributed by atoms with van der Waals surface area (Å²) in [4.78, 5) is 15.3. The molecule has 338 valence electrons. The van der Waals surface area contributed by atoms with Crippen LogP contribution in [0.4, 0.5) is 4.79 Å². The predicted octanol–water partition coefficient (Wildman–Crippen LogP) is 15.1. The van der Waals surface area contributed by atoms with Gasteiger partial charge in [-0.25, -0.2) is 4.79 Å².